The van der Waals surface area contributed by atoms with Crippen LogP contribution in [0.4, 0.5) is 0 Å². The summed E-state index contributed by atoms with van der Waals surface area (Å²) in [6.45, 7) is 4.47. The highest BCUT2D eigenvalue weighted by Crippen LogP contribution is 2.39. The zero-order chi connectivity index (χ0) is 19.4. The van der Waals surface area contributed by atoms with Crippen LogP contribution in [0, 0.1) is 0 Å². The van der Waals surface area contributed by atoms with Crippen molar-refractivity contribution in [2.24, 2.45) is 0 Å². The number of thiophene rings is 1. The first-order valence-electron chi connectivity index (χ1n) is 8.59. The summed E-state index contributed by atoms with van der Waals surface area (Å²) < 4.78 is 10.8. The van der Waals surface area contributed by atoms with E-state index in [1.807, 2.05) is 31.4 Å². The maximum Gasteiger partial charge on any atom is 0.268 e. The molecule has 2 heterocycles. The number of amides is 2. The van der Waals surface area contributed by atoms with E-state index < -0.39 is 0 Å². The molecule has 0 atom stereocenters. The van der Waals surface area contributed by atoms with Gasteiger partial charge < -0.3 is 9.47 Å². The molecule has 3 rings (SSSR count). The van der Waals surface area contributed by atoms with Crippen LogP contribution in [0.1, 0.15) is 18.7 Å². The molecule has 5 nitrogen and oxygen atoms in total. The maximum atomic E-state index is 12.9. The van der Waals surface area contributed by atoms with Gasteiger partial charge in [-0.1, -0.05) is 19.9 Å². The predicted octanol–water partition coefficient (Wildman–Crippen LogP) is 4.06. The molecule has 7 heteroatoms. The fraction of sp³-hybridized carbons (Fsp3) is 0.300. The van der Waals surface area contributed by atoms with E-state index in [1.165, 1.54) is 28.0 Å². The summed E-state index contributed by atoms with van der Waals surface area (Å²) in [5.41, 5.74) is 0.512. The summed E-state index contributed by atoms with van der Waals surface area (Å²) in [7, 11) is 1.60. The Morgan fingerprint density at radius 1 is 1.07 bits per heavy atom. The standard InChI is InChI=1S/C20H21NO4S2/c1-13(2)27-18-17(16-5-4-12-26-16)19(22)21(20(18)23)10-11-25-15-8-6-14(24-3)7-9-15/h4-9,12-13H,10-11H2,1-3H3. The molecule has 0 unspecified atom stereocenters. The molecule has 1 aliphatic heterocycles. The summed E-state index contributed by atoms with van der Waals surface area (Å²) >= 11 is 2.91. The fourth-order valence-electron chi connectivity index (χ4n) is 2.67. The molecule has 0 saturated carbocycles. The van der Waals surface area contributed by atoms with Gasteiger partial charge in [0.15, 0.2) is 0 Å². The van der Waals surface area contributed by atoms with Gasteiger partial charge in [-0.2, -0.15) is 0 Å². The molecule has 2 aromatic rings. The second kappa shape index (κ2) is 8.63. The Morgan fingerprint density at radius 2 is 1.78 bits per heavy atom. The summed E-state index contributed by atoms with van der Waals surface area (Å²) in [5, 5.41) is 2.12. The van der Waals surface area contributed by atoms with Crippen molar-refractivity contribution in [1.82, 2.24) is 4.90 Å². The smallest absolute Gasteiger partial charge is 0.268 e. The lowest BCUT2D eigenvalue weighted by atomic mass is 10.2. The maximum absolute atomic E-state index is 12.9. The largest absolute Gasteiger partial charge is 0.497 e. The Bertz CT molecular complexity index is 841. The van der Waals surface area contributed by atoms with Crippen LogP contribution in [-0.2, 0) is 9.59 Å². The van der Waals surface area contributed by atoms with Crippen LogP contribution in [0.25, 0.3) is 5.57 Å². The van der Waals surface area contributed by atoms with Crippen LogP contribution >= 0.6 is 23.1 Å². The predicted molar refractivity (Wildman–Crippen MR) is 109 cm³/mol. The van der Waals surface area contributed by atoms with E-state index in [9.17, 15) is 9.59 Å². The number of carbonyl (C=O) groups excluding carboxylic acids is 2. The summed E-state index contributed by atoms with van der Waals surface area (Å²) in [6, 6.07) is 11.0. The highest BCUT2D eigenvalue weighted by Gasteiger charge is 2.39. The zero-order valence-electron chi connectivity index (χ0n) is 15.4. The van der Waals surface area contributed by atoms with Crippen molar-refractivity contribution in [3.05, 3.63) is 51.6 Å². The van der Waals surface area contributed by atoms with E-state index >= 15 is 0 Å². The molecule has 0 N–H and O–H groups in total. The molecular formula is C20H21NO4S2. The number of ether oxygens (including phenoxy) is 2. The van der Waals surface area contributed by atoms with E-state index in [0.717, 1.165) is 10.6 Å². The third-order valence-electron chi connectivity index (χ3n) is 3.89. The average molecular weight is 404 g/mol. The van der Waals surface area contributed by atoms with Crippen molar-refractivity contribution < 1.29 is 19.1 Å². The van der Waals surface area contributed by atoms with Gasteiger partial charge in [0, 0.05) is 10.1 Å². The first-order chi connectivity index (χ1) is 13.0. The van der Waals surface area contributed by atoms with Crippen LogP contribution in [0.2, 0.25) is 0 Å². The molecule has 0 spiro atoms. The number of thioether (sulfide) groups is 1. The van der Waals surface area contributed by atoms with Crippen molar-refractivity contribution in [1.29, 1.82) is 0 Å². The van der Waals surface area contributed by atoms with Gasteiger partial charge in [0.1, 0.15) is 18.1 Å². The van der Waals surface area contributed by atoms with Crippen molar-refractivity contribution in [2.75, 3.05) is 20.3 Å². The minimum absolute atomic E-state index is 0.209. The van der Waals surface area contributed by atoms with Crippen LogP contribution in [0.5, 0.6) is 11.5 Å². The first-order valence-corrected chi connectivity index (χ1v) is 10.3. The number of carbonyl (C=O) groups is 2. The minimum Gasteiger partial charge on any atom is -0.497 e. The van der Waals surface area contributed by atoms with Crippen molar-refractivity contribution in [3.63, 3.8) is 0 Å². The Morgan fingerprint density at radius 3 is 2.37 bits per heavy atom. The lowest BCUT2D eigenvalue weighted by Gasteiger charge is -2.16. The van der Waals surface area contributed by atoms with Gasteiger partial charge in [-0.25, -0.2) is 0 Å². The third kappa shape index (κ3) is 4.36. The van der Waals surface area contributed by atoms with Crippen LogP contribution in [-0.4, -0.2) is 42.2 Å². The van der Waals surface area contributed by atoms with E-state index in [-0.39, 0.29) is 30.2 Å². The van der Waals surface area contributed by atoms with Gasteiger partial charge in [0.2, 0.25) is 0 Å². The van der Waals surface area contributed by atoms with Crippen LogP contribution in [0.15, 0.2) is 46.7 Å². The van der Waals surface area contributed by atoms with E-state index in [0.29, 0.717) is 16.2 Å². The SMILES string of the molecule is COc1ccc(OCCN2C(=O)C(SC(C)C)=C(c3cccs3)C2=O)cc1. The second-order valence-electron chi connectivity index (χ2n) is 6.13. The first kappa shape index (κ1) is 19.5. The Labute approximate surface area is 167 Å². The van der Waals surface area contributed by atoms with Crippen molar-refractivity contribution in [2.45, 2.75) is 19.1 Å². The summed E-state index contributed by atoms with van der Waals surface area (Å²) in [6.07, 6.45) is 0. The third-order valence-corrected chi connectivity index (χ3v) is 5.86. The monoisotopic (exact) mass is 403 g/mol. The number of hydrogen-bond donors (Lipinski definition) is 0. The van der Waals surface area contributed by atoms with Gasteiger partial charge in [-0.15, -0.1) is 23.1 Å². The van der Waals surface area contributed by atoms with Gasteiger partial charge in [-0.05, 0) is 35.7 Å². The number of rotatable bonds is 8. The van der Waals surface area contributed by atoms with Gasteiger partial charge in [0.05, 0.1) is 24.1 Å². The number of methoxy groups -OCH3 is 1. The molecule has 0 saturated heterocycles. The summed E-state index contributed by atoms with van der Waals surface area (Å²) in [5.74, 6) is 0.926. The molecule has 1 aliphatic rings. The molecular weight excluding hydrogens is 382 g/mol. The lowest BCUT2D eigenvalue weighted by Crippen LogP contribution is -2.35. The number of hydrogen-bond acceptors (Lipinski definition) is 6. The van der Waals surface area contributed by atoms with E-state index in [1.54, 1.807) is 31.4 Å². The molecule has 142 valence electrons. The normalized spacial score (nSPS) is 14.4. The van der Waals surface area contributed by atoms with Crippen LogP contribution < -0.4 is 9.47 Å². The molecule has 0 bridgehead atoms. The number of benzene rings is 1. The van der Waals surface area contributed by atoms with Gasteiger partial charge >= 0.3 is 0 Å². The van der Waals surface area contributed by atoms with Gasteiger partial charge in [0.25, 0.3) is 11.8 Å². The summed E-state index contributed by atoms with van der Waals surface area (Å²) in [4.78, 5) is 28.4. The highest BCUT2D eigenvalue weighted by atomic mass is 32.2. The Hall–Kier alpha value is -2.25. The molecule has 27 heavy (non-hydrogen) atoms. The Balaban J connectivity index is 1.70. The molecule has 0 aliphatic carbocycles. The average Bonchev–Trinajstić information content (AvgIpc) is 3.25. The molecule has 0 fully saturated rings. The molecule has 1 aromatic carbocycles. The van der Waals surface area contributed by atoms with E-state index in [2.05, 4.69) is 0 Å². The van der Waals surface area contributed by atoms with Crippen molar-refractivity contribution in [3.8, 4) is 11.5 Å². The van der Waals surface area contributed by atoms with Gasteiger partial charge in [-0.3, -0.25) is 14.5 Å². The topological polar surface area (TPSA) is 55.8 Å². The molecule has 2 amide bonds. The van der Waals surface area contributed by atoms with Crippen molar-refractivity contribution >= 4 is 40.5 Å². The molecule has 1 aromatic heterocycles. The Kier molecular flexibility index (Phi) is 6.23. The lowest BCUT2D eigenvalue weighted by molar-refractivity contribution is -0.136. The quantitative estimate of drug-likeness (QED) is 0.622. The zero-order valence-corrected chi connectivity index (χ0v) is 17.1. The number of nitrogens with zero attached hydrogens (tertiary/aromatic N) is 1. The number of imide groups is 1. The fourth-order valence-corrected chi connectivity index (χ4v) is 4.50. The molecule has 0 radical (unpaired) electrons. The minimum atomic E-state index is -0.246. The van der Waals surface area contributed by atoms with E-state index in [4.69, 9.17) is 9.47 Å². The second-order valence-corrected chi connectivity index (χ2v) is 8.67. The highest BCUT2D eigenvalue weighted by molar-refractivity contribution is 8.04. The van der Waals surface area contributed by atoms with Crippen LogP contribution in [0.3, 0.4) is 0 Å².